The molecule has 0 spiro atoms. The van der Waals surface area contributed by atoms with E-state index in [1.54, 1.807) is 0 Å². The van der Waals surface area contributed by atoms with Gasteiger partial charge in [-0.25, -0.2) is 0 Å². The van der Waals surface area contributed by atoms with Gasteiger partial charge in [0.2, 0.25) is 0 Å². The minimum atomic E-state index is 1.00. The number of hydrogen-bond donors (Lipinski definition) is 0. The SMILES string of the molecule is CC1=C(c2ccccc2C)CCC#C1. The summed E-state index contributed by atoms with van der Waals surface area (Å²) in [5, 5.41) is 0. The van der Waals surface area contributed by atoms with E-state index in [1.807, 2.05) is 0 Å². The summed E-state index contributed by atoms with van der Waals surface area (Å²) in [6.45, 7) is 4.28. The van der Waals surface area contributed by atoms with Crippen LogP contribution in [-0.2, 0) is 0 Å². The molecule has 0 saturated heterocycles. The fourth-order valence-electron chi connectivity index (χ4n) is 1.89. The second-order valence-corrected chi connectivity index (χ2v) is 3.72. The second-order valence-electron chi connectivity index (χ2n) is 3.72. The van der Waals surface area contributed by atoms with Crippen molar-refractivity contribution in [1.82, 2.24) is 0 Å². The predicted octanol–water partition coefficient (Wildman–Crippen LogP) is 3.57. The van der Waals surface area contributed by atoms with Crippen molar-refractivity contribution in [2.75, 3.05) is 0 Å². The molecular formula is C14H14. The molecule has 2 rings (SSSR count). The van der Waals surface area contributed by atoms with E-state index in [0.717, 1.165) is 12.8 Å². The summed E-state index contributed by atoms with van der Waals surface area (Å²) in [5.74, 6) is 6.33. The van der Waals surface area contributed by atoms with Crippen LogP contribution in [0.15, 0.2) is 29.8 Å². The average Bonchev–Trinajstić information content (AvgIpc) is 2.20. The van der Waals surface area contributed by atoms with Crippen molar-refractivity contribution in [3.05, 3.63) is 41.0 Å². The first-order chi connectivity index (χ1) is 6.79. The number of hydrogen-bond acceptors (Lipinski definition) is 0. The molecule has 1 aromatic rings. The van der Waals surface area contributed by atoms with Crippen LogP contribution in [0, 0.1) is 18.8 Å². The van der Waals surface area contributed by atoms with Crippen LogP contribution in [0.2, 0.25) is 0 Å². The Morgan fingerprint density at radius 3 is 2.64 bits per heavy atom. The van der Waals surface area contributed by atoms with Crippen LogP contribution in [0.25, 0.3) is 5.57 Å². The second kappa shape index (κ2) is 3.72. The summed E-state index contributed by atoms with van der Waals surface area (Å²) in [4.78, 5) is 0. The van der Waals surface area contributed by atoms with E-state index in [9.17, 15) is 0 Å². The van der Waals surface area contributed by atoms with E-state index < -0.39 is 0 Å². The molecule has 0 saturated carbocycles. The Hall–Kier alpha value is -1.48. The minimum Gasteiger partial charge on any atom is -0.0979 e. The molecule has 1 aliphatic rings. The normalized spacial score (nSPS) is 15.0. The maximum atomic E-state index is 3.19. The zero-order valence-corrected chi connectivity index (χ0v) is 8.72. The molecule has 0 radical (unpaired) electrons. The van der Waals surface area contributed by atoms with Crippen LogP contribution in [0.3, 0.4) is 0 Å². The van der Waals surface area contributed by atoms with Gasteiger partial charge in [-0.2, -0.15) is 0 Å². The zero-order chi connectivity index (χ0) is 9.97. The van der Waals surface area contributed by atoms with E-state index in [4.69, 9.17) is 0 Å². The van der Waals surface area contributed by atoms with Gasteiger partial charge in [0, 0.05) is 12.0 Å². The smallest absolute Gasteiger partial charge is 0.0133 e. The Morgan fingerprint density at radius 2 is 1.93 bits per heavy atom. The Balaban J connectivity index is 2.52. The lowest BCUT2D eigenvalue weighted by molar-refractivity contribution is 1.07. The minimum absolute atomic E-state index is 1.00. The first kappa shape index (κ1) is 9.09. The largest absolute Gasteiger partial charge is 0.0979 e. The van der Waals surface area contributed by atoms with Crippen molar-refractivity contribution in [2.45, 2.75) is 26.7 Å². The molecule has 0 unspecified atom stereocenters. The molecule has 1 aromatic carbocycles. The third-order valence-corrected chi connectivity index (χ3v) is 2.70. The van der Waals surface area contributed by atoms with Gasteiger partial charge < -0.3 is 0 Å². The summed E-state index contributed by atoms with van der Waals surface area (Å²) in [6, 6.07) is 8.55. The molecule has 0 fully saturated rings. The first-order valence-corrected chi connectivity index (χ1v) is 5.03. The van der Waals surface area contributed by atoms with Crippen molar-refractivity contribution in [3.63, 3.8) is 0 Å². The van der Waals surface area contributed by atoms with Gasteiger partial charge in [-0.15, -0.1) is 0 Å². The number of allylic oxidation sites excluding steroid dienone is 2. The predicted molar refractivity (Wildman–Crippen MR) is 60.8 cm³/mol. The molecule has 0 N–H and O–H groups in total. The highest BCUT2D eigenvalue weighted by Gasteiger charge is 2.08. The molecule has 14 heavy (non-hydrogen) atoms. The fraction of sp³-hybridized carbons (Fsp3) is 0.286. The molecule has 0 aliphatic heterocycles. The van der Waals surface area contributed by atoms with Crippen molar-refractivity contribution in [2.24, 2.45) is 0 Å². The summed E-state index contributed by atoms with van der Waals surface area (Å²) < 4.78 is 0. The molecule has 0 amide bonds. The summed E-state index contributed by atoms with van der Waals surface area (Å²) in [7, 11) is 0. The number of rotatable bonds is 1. The van der Waals surface area contributed by atoms with Crippen LogP contribution in [0.4, 0.5) is 0 Å². The van der Waals surface area contributed by atoms with Gasteiger partial charge in [-0.05, 0) is 37.0 Å². The lowest BCUT2D eigenvalue weighted by Gasteiger charge is -2.13. The Labute approximate surface area is 85.7 Å². The van der Waals surface area contributed by atoms with Crippen molar-refractivity contribution >= 4 is 5.57 Å². The van der Waals surface area contributed by atoms with Crippen molar-refractivity contribution < 1.29 is 0 Å². The van der Waals surface area contributed by atoms with Crippen LogP contribution in [0.5, 0.6) is 0 Å². The lowest BCUT2D eigenvalue weighted by atomic mass is 9.91. The number of benzene rings is 1. The van der Waals surface area contributed by atoms with Crippen LogP contribution in [0.1, 0.15) is 30.9 Å². The highest BCUT2D eigenvalue weighted by Crippen LogP contribution is 2.27. The third-order valence-electron chi connectivity index (χ3n) is 2.70. The number of aryl methyl sites for hydroxylation is 1. The average molecular weight is 182 g/mol. The summed E-state index contributed by atoms with van der Waals surface area (Å²) in [5.41, 5.74) is 5.40. The van der Waals surface area contributed by atoms with Gasteiger partial charge in [-0.3, -0.25) is 0 Å². The molecule has 0 atom stereocenters. The van der Waals surface area contributed by atoms with E-state index in [-0.39, 0.29) is 0 Å². The molecule has 0 nitrogen and oxygen atoms in total. The third kappa shape index (κ3) is 1.59. The molecule has 1 aliphatic carbocycles. The van der Waals surface area contributed by atoms with E-state index in [1.165, 1.54) is 22.3 Å². The molecule has 0 aromatic heterocycles. The summed E-state index contributed by atoms with van der Waals surface area (Å²) >= 11 is 0. The molecular weight excluding hydrogens is 168 g/mol. The maximum absolute atomic E-state index is 3.19. The Morgan fingerprint density at radius 1 is 1.14 bits per heavy atom. The van der Waals surface area contributed by atoms with E-state index >= 15 is 0 Å². The highest BCUT2D eigenvalue weighted by atomic mass is 14.1. The van der Waals surface area contributed by atoms with Crippen molar-refractivity contribution in [3.8, 4) is 11.8 Å². The van der Waals surface area contributed by atoms with Gasteiger partial charge in [0.05, 0.1) is 0 Å². The van der Waals surface area contributed by atoms with Gasteiger partial charge >= 0.3 is 0 Å². The van der Waals surface area contributed by atoms with E-state index in [0.29, 0.717) is 0 Å². The molecule has 0 heterocycles. The van der Waals surface area contributed by atoms with Crippen LogP contribution < -0.4 is 0 Å². The zero-order valence-electron chi connectivity index (χ0n) is 8.72. The first-order valence-electron chi connectivity index (χ1n) is 5.03. The van der Waals surface area contributed by atoms with Gasteiger partial charge in [-0.1, -0.05) is 36.1 Å². The Bertz CT molecular complexity index is 439. The molecule has 0 bridgehead atoms. The van der Waals surface area contributed by atoms with Gasteiger partial charge in [0.15, 0.2) is 0 Å². The van der Waals surface area contributed by atoms with Crippen molar-refractivity contribution in [1.29, 1.82) is 0 Å². The topological polar surface area (TPSA) is 0 Å². The molecule has 0 heteroatoms. The Kier molecular flexibility index (Phi) is 2.41. The van der Waals surface area contributed by atoms with Crippen LogP contribution >= 0.6 is 0 Å². The fourth-order valence-corrected chi connectivity index (χ4v) is 1.89. The van der Waals surface area contributed by atoms with E-state index in [2.05, 4.69) is 50.0 Å². The lowest BCUT2D eigenvalue weighted by Crippen LogP contribution is -1.94. The standard InChI is InChI=1S/C14H14/c1-11-7-3-5-9-13(11)14-10-6-4-8-12(14)2/h3,5,7,9H,6,10H2,1-2H3. The van der Waals surface area contributed by atoms with Gasteiger partial charge in [0.1, 0.15) is 0 Å². The summed E-state index contributed by atoms with van der Waals surface area (Å²) in [6.07, 6.45) is 2.10. The molecule has 70 valence electrons. The highest BCUT2D eigenvalue weighted by molar-refractivity contribution is 5.75. The monoisotopic (exact) mass is 182 g/mol. The quantitative estimate of drug-likeness (QED) is 0.582. The maximum Gasteiger partial charge on any atom is 0.0133 e. The van der Waals surface area contributed by atoms with Crippen LogP contribution in [-0.4, -0.2) is 0 Å². The van der Waals surface area contributed by atoms with Gasteiger partial charge in [0.25, 0.3) is 0 Å².